The largest absolute Gasteiger partial charge is 0.419 e. The highest BCUT2D eigenvalue weighted by molar-refractivity contribution is 5.08. The average Bonchev–Trinajstić information content (AvgIpc) is 2.90. The van der Waals surface area contributed by atoms with E-state index in [2.05, 4.69) is 16.5 Å². The Morgan fingerprint density at radius 3 is 2.62 bits per heavy atom. The molecule has 1 N–H and O–H groups in total. The molecule has 0 spiro atoms. The maximum Gasteiger partial charge on any atom is 0.419 e. The summed E-state index contributed by atoms with van der Waals surface area (Å²) in [5.41, 5.74) is -1.30. The minimum absolute atomic E-state index is 0.422. The van der Waals surface area contributed by atoms with Crippen LogP contribution in [0, 0.1) is 11.3 Å². The van der Waals surface area contributed by atoms with E-state index in [1.54, 1.807) is 0 Å². The lowest BCUT2D eigenvalue weighted by Crippen LogP contribution is -2.41. The number of aromatic nitrogens is 2. The van der Waals surface area contributed by atoms with Crippen LogP contribution >= 0.6 is 0 Å². The summed E-state index contributed by atoms with van der Waals surface area (Å²) < 4.78 is 38.5. The van der Waals surface area contributed by atoms with Crippen LogP contribution in [0.4, 0.5) is 13.2 Å². The molecule has 0 bridgehead atoms. The minimum atomic E-state index is -4.35. The van der Waals surface area contributed by atoms with Gasteiger partial charge in [0.2, 0.25) is 0 Å². The fourth-order valence-electron chi connectivity index (χ4n) is 1.97. The van der Waals surface area contributed by atoms with E-state index in [1.807, 2.05) is 13.8 Å². The molecule has 1 rings (SSSR count). The molecule has 4 nitrogen and oxygen atoms in total. The van der Waals surface area contributed by atoms with Crippen molar-refractivity contribution in [3.8, 4) is 6.07 Å². The standard InChI is InChI=1S/C14H21F3N4/c1-3-7-19-13(2,11-18)6-4-5-8-21-10-12(9-20-21)14(15,16)17/h9-10,19H,3-8H2,1-2H3. The monoisotopic (exact) mass is 302 g/mol. The van der Waals surface area contributed by atoms with Crippen LogP contribution in [-0.4, -0.2) is 21.9 Å². The van der Waals surface area contributed by atoms with Gasteiger partial charge in [0, 0.05) is 12.7 Å². The SMILES string of the molecule is CCCNC(C)(C#N)CCCCn1cc(C(F)(F)F)cn1. The number of unbranched alkanes of at least 4 members (excludes halogenated alkanes) is 1. The molecule has 118 valence electrons. The molecular weight excluding hydrogens is 281 g/mol. The van der Waals surface area contributed by atoms with Crippen molar-refractivity contribution in [3.05, 3.63) is 18.0 Å². The third kappa shape index (κ3) is 5.76. The van der Waals surface area contributed by atoms with E-state index in [9.17, 15) is 13.2 Å². The van der Waals surface area contributed by atoms with Gasteiger partial charge in [-0.05, 0) is 39.2 Å². The summed E-state index contributed by atoms with van der Waals surface area (Å²) >= 11 is 0. The summed E-state index contributed by atoms with van der Waals surface area (Å²) in [4.78, 5) is 0. The maximum atomic E-state index is 12.4. The number of hydrogen-bond acceptors (Lipinski definition) is 3. The molecule has 7 heteroatoms. The van der Waals surface area contributed by atoms with Crippen LogP contribution in [0.2, 0.25) is 0 Å². The van der Waals surface area contributed by atoms with Crippen molar-refractivity contribution in [1.29, 1.82) is 5.26 Å². The van der Waals surface area contributed by atoms with Gasteiger partial charge < -0.3 is 0 Å². The zero-order valence-electron chi connectivity index (χ0n) is 12.4. The number of hydrogen-bond donors (Lipinski definition) is 1. The molecule has 0 aliphatic carbocycles. The van der Waals surface area contributed by atoms with Gasteiger partial charge >= 0.3 is 6.18 Å². The normalized spacial score (nSPS) is 14.7. The van der Waals surface area contributed by atoms with Gasteiger partial charge in [0.05, 0.1) is 17.8 Å². The van der Waals surface area contributed by atoms with E-state index in [-0.39, 0.29) is 0 Å². The first-order chi connectivity index (χ1) is 9.80. The molecule has 0 aliphatic rings. The highest BCUT2D eigenvalue weighted by Crippen LogP contribution is 2.28. The molecular formula is C14H21F3N4. The van der Waals surface area contributed by atoms with Crippen LogP contribution in [0.25, 0.3) is 0 Å². The maximum absolute atomic E-state index is 12.4. The first-order valence-electron chi connectivity index (χ1n) is 7.06. The van der Waals surface area contributed by atoms with Crippen LogP contribution in [0.5, 0.6) is 0 Å². The van der Waals surface area contributed by atoms with Crippen molar-refractivity contribution in [2.24, 2.45) is 0 Å². The molecule has 0 fully saturated rings. The second-order valence-corrected chi connectivity index (χ2v) is 5.32. The smallest absolute Gasteiger partial charge is 0.300 e. The van der Waals surface area contributed by atoms with Gasteiger partial charge in [-0.3, -0.25) is 10.00 Å². The Balaban J connectivity index is 2.37. The van der Waals surface area contributed by atoms with Crippen LogP contribution in [0.15, 0.2) is 12.4 Å². The Morgan fingerprint density at radius 2 is 2.10 bits per heavy atom. The van der Waals surface area contributed by atoms with Crippen molar-refractivity contribution in [2.75, 3.05) is 6.54 Å². The average molecular weight is 302 g/mol. The van der Waals surface area contributed by atoms with Gasteiger partial charge in [0.1, 0.15) is 5.54 Å². The number of nitrogens with one attached hydrogen (secondary N) is 1. The van der Waals surface area contributed by atoms with E-state index in [4.69, 9.17) is 5.26 Å². The van der Waals surface area contributed by atoms with Crippen molar-refractivity contribution < 1.29 is 13.2 Å². The van der Waals surface area contributed by atoms with Gasteiger partial charge in [0.25, 0.3) is 0 Å². The summed E-state index contributed by atoms with van der Waals surface area (Å²) in [7, 11) is 0. The van der Waals surface area contributed by atoms with Gasteiger partial charge in [-0.1, -0.05) is 6.92 Å². The summed E-state index contributed by atoms with van der Waals surface area (Å²) in [6, 6.07) is 2.25. The fraction of sp³-hybridized carbons (Fsp3) is 0.714. The molecule has 1 atom stereocenters. The lowest BCUT2D eigenvalue weighted by Gasteiger charge is -2.22. The summed E-state index contributed by atoms with van der Waals surface area (Å²) in [6.45, 7) is 5.07. The Labute approximate surface area is 122 Å². The van der Waals surface area contributed by atoms with Gasteiger partial charge in [-0.25, -0.2) is 0 Å². The zero-order chi connectivity index (χ0) is 15.9. The van der Waals surface area contributed by atoms with E-state index in [1.165, 1.54) is 4.68 Å². The second kappa shape index (κ2) is 7.46. The molecule has 0 saturated heterocycles. The first-order valence-corrected chi connectivity index (χ1v) is 7.06. The number of halogens is 3. The number of aryl methyl sites for hydroxylation is 1. The zero-order valence-corrected chi connectivity index (χ0v) is 12.4. The highest BCUT2D eigenvalue weighted by Gasteiger charge is 2.32. The van der Waals surface area contributed by atoms with Gasteiger partial charge in [-0.15, -0.1) is 0 Å². The first kappa shape index (κ1) is 17.5. The van der Waals surface area contributed by atoms with Crippen molar-refractivity contribution in [2.45, 2.75) is 57.8 Å². The van der Waals surface area contributed by atoms with Crippen molar-refractivity contribution in [1.82, 2.24) is 15.1 Å². The van der Waals surface area contributed by atoms with Crippen LogP contribution in [-0.2, 0) is 12.7 Å². The number of nitrogens with zero attached hydrogens (tertiary/aromatic N) is 3. The molecule has 0 aromatic carbocycles. The number of rotatable bonds is 8. The van der Waals surface area contributed by atoms with Gasteiger partial charge in [0.15, 0.2) is 0 Å². The number of nitriles is 1. The Hall–Kier alpha value is -1.55. The van der Waals surface area contributed by atoms with Crippen LogP contribution in [0.3, 0.4) is 0 Å². The van der Waals surface area contributed by atoms with E-state index < -0.39 is 17.3 Å². The molecule has 0 saturated carbocycles. The molecule has 0 radical (unpaired) electrons. The van der Waals surface area contributed by atoms with Gasteiger partial charge in [-0.2, -0.15) is 23.5 Å². The van der Waals surface area contributed by atoms with Crippen molar-refractivity contribution in [3.63, 3.8) is 0 Å². The van der Waals surface area contributed by atoms with E-state index in [0.29, 0.717) is 19.4 Å². The third-order valence-electron chi connectivity index (χ3n) is 3.29. The molecule has 0 aliphatic heterocycles. The highest BCUT2D eigenvalue weighted by atomic mass is 19.4. The third-order valence-corrected chi connectivity index (χ3v) is 3.29. The topological polar surface area (TPSA) is 53.6 Å². The molecule has 1 unspecified atom stereocenters. The Morgan fingerprint density at radius 1 is 1.38 bits per heavy atom. The Bertz CT molecular complexity index is 475. The molecule has 1 aromatic rings. The lowest BCUT2D eigenvalue weighted by molar-refractivity contribution is -0.137. The lowest BCUT2D eigenvalue weighted by atomic mass is 9.96. The number of alkyl halides is 3. The summed E-state index contributed by atoms with van der Waals surface area (Å²) in [5, 5.41) is 16.1. The van der Waals surface area contributed by atoms with Crippen LogP contribution in [0.1, 0.15) is 45.1 Å². The minimum Gasteiger partial charge on any atom is -0.300 e. The Kier molecular flexibility index (Phi) is 6.21. The molecule has 1 aromatic heterocycles. The van der Waals surface area contributed by atoms with E-state index in [0.717, 1.165) is 31.8 Å². The summed E-state index contributed by atoms with van der Waals surface area (Å²) in [5.74, 6) is 0. The molecule has 0 amide bonds. The molecule has 21 heavy (non-hydrogen) atoms. The fourth-order valence-corrected chi connectivity index (χ4v) is 1.97. The predicted octanol–water partition coefficient (Wildman–Crippen LogP) is 3.35. The summed E-state index contributed by atoms with van der Waals surface area (Å²) in [6.07, 6.45) is 0.552. The molecule has 1 heterocycles. The second-order valence-electron chi connectivity index (χ2n) is 5.32. The predicted molar refractivity (Wildman–Crippen MR) is 73.4 cm³/mol. The van der Waals surface area contributed by atoms with E-state index >= 15 is 0 Å². The van der Waals surface area contributed by atoms with Crippen LogP contribution < -0.4 is 5.32 Å². The van der Waals surface area contributed by atoms with Crippen molar-refractivity contribution >= 4 is 0 Å². The quantitative estimate of drug-likeness (QED) is 0.749.